The third kappa shape index (κ3) is 2.96. The highest BCUT2D eigenvalue weighted by Gasteiger charge is 2.30. The molecule has 1 aromatic carbocycles. The molecule has 6 heteroatoms. The monoisotopic (exact) mass is 356 g/mol. The van der Waals surface area contributed by atoms with Gasteiger partial charge in [-0.15, -0.1) is 11.3 Å². The SMILES string of the molecule is CC1(C)Cc2c(sc3[nH]c(=O)n(CCc4ccccc4)c(=O)c23)CO1. The number of nitrogens with zero attached hydrogens (tertiary/aromatic N) is 1. The first-order valence-electron chi connectivity index (χ1n) is 8.40. The predicted molar refractivity (Wildman–Crippen MR) is 99.4 cm³/mol. The van der Waals surface area contributed by atoms with E-state index in [9.17, 15) is 9.59 Å². The van der Waals surface area contributed by atoms with Crippen molar-refractivity contribution in [1.82, 2.24) is 9.55 Å². The van der Waals surface area contributed by atoms with Crippen LogP contribution in [0.1, 0.15) is 29.9 Å². The van der Waals surface area contributed by atoms with Crippen molar-refractivity contribution in [3.63, 3.8) is 0 Å². The lowest BCUT2D eigenvalue weighted by atomic mass is 9.94. The smallest absolute Gasteiger partial charge is 0.329 e. The highest BCUT2D eigenvalue weighted by Crippen LogP contribution is 2.36. The van der Waals surface area contributed by atoms with Gasteiger partial charge in [-0.05, 0) is 31.4 Å². The zero-order valence-corrected chi connectivity index (χ0v) is 15.1. The first-order chi connectivity index (χ1) is 11.9. The maximum absolute atomic E-state index is 13.0. The highest BCUT2D eigenvalue weighted by atomic mass is 32.1. The molecule has 0 bridgehead atoms. The van der Waals surface area contributed by atoms with Gasteiger partial charge in [-0.3, -0.25) is 14.3 Å². The number of ether oxygens (including phenoxy) is 1. The number of aromatic amines is 1. The molecule has 0 spiro atoms. The second kappa shape index (κ2) is 5.97. The van der Waals surface area contributed by atoms with Gasteiger partial charge >= 0.3 is 5.69 Å². The van der Waals surface area contributed by atoms with E-state index in [1.807, 2.05) is 44.2 Å². The number of aromatic nitrogens is 2. The van der Waals surface area contributed by atoms with Crippen LogP contribution in [0.5, 0.6) is 0 Å². The van der Waals surface area contributed by atoms with Crippen LogP contribution in [0.4, 0.5) is 0 Å². The summed E-state index contributed by atoms with van der Waals surface area (Å²) >= 11 is 1.46. The minimum Gasteiger partial charge on any atom is -0.370 e. The van der Waals surface area contributed by atoms with Crippen LogP contribution in [-0.4, -0.2) is 15.2 Å². The van der Waals surface area contributed by atoms with Gasteiger partial charge < -0.3 is 4.74 Å². The largest absolute Gasteiger partial charge is 0.370 e. The topological polar surface area (TPSA) is 64.1 Å². The Labute approximate surface area is 148 Å². The summed E-state index contributed by atoms with van der Waals surface area (Å²) < 4.78 is 7.16. The minimum atomic E-state index is -0.341. The molecule has 3 heterocycles. The predicted octanol–water partition coefficient (Wildman–Crippen LogP) is 2.85. The third-order valence-electron chi connectivity index (χ3n) is 4.68. The summed E-state index contributed by atoms with van der Waals surface area (Å²) in [4.78, 5) is 30.0. The quantitative estimate of drug-likeness (QED) is 0.785. The Morgan fingerprint density at radius 3 is 2.76 bits per heavy atom. The maximum atomic E-state index is 13.0. The van der Waals surface area contributed by atoms with Crippen LogP contribution < -0.4 is 11.2 Å². The summed E-state index contributed by atoms with van der Waals surface area (Å²) in [6.45, 7) is 4.92. The average Bonchev–Trinajstić information content (AvgIpc) is 2.91. The molecular formula is C19H20N2O3S. The van der Waals surface area contributed by atoms with E-state index in [1.165, 1.54) is 15.9 Å². The van der Waals surface area contributed by atoms with Gasteiger partial charge in [0, 0.05) is 17.8 Å². The normalized spacial score (nSPS) is 16.1. The Bertz CT molecular complexity index is 1040. The van der Waals surface area contributed by atoms with Crippen molar-refractivity contribution >= 4 is 21.6 Å². The van der Waals surface area contributed by atoms with Gasteiger partial charge in [0.25, 0.3) is 5.56 Å². The van der Waals surface area contributed by atoms with Crippen molar-refractivity contribution in [2.24, 2.45) is 0 Å². The molecule has 1 aliphatic heterocycles. The van der Waals surface area contributed by atoms with E-state index in [2.05, 4.69) is 4.98 Å². The van der Waals surface area contributed by atoms with Crippen molar-refractivity contribution in [3.05, 3.63) is 67.2 Å². The molecule has 5 nitrogen and oxygen atoms in total. The van der Waals surface area contributed by atoms with Gasteiger partial charge in [0.05, 0.1) is 17.6 Å². The van der Waals surface area contributed by atoms with Crippen molar-refractivity contribution in [2.75, 3.05) is 0 Å². The molecule has 0 fully saturated rings. The number of nitrogens with one attached hydrogen (secondary N) is 1. The highest BCUT2D eigenvalue weighted by molar-refractivity contribution is 7.18. The lowest BCUT2D eigenvalue weighted by Crippen LogP contribution is -2.36. The molecule has 4 rings (SSSR count). The van der Waals surface area contributed by atoms with Gasteiger partial charge in [-0.1, -0.05) is 30.3 Å². The molecular weight excluding hydrogens is 336 g/mol. The van der Waals surface area contributed by atoms with Gasteiger partial charge in [0.1, 0.15) is 4.83 Å². The Kier molecular flexibility index (Phi) is 3.89. The fourth-order valence-electron chi connectivity index (χ4n) is 3.35. The molecule has 2 aromatic heterocycles. The van der Waals surface area contributed by atoms with E-state index in [1.54, 1.807) is 0 Å². The first kappa shape index (κ1) is 16.3. The molecule has 130 valence electrons. The number of aryl methyl sites for hydroxylation is 1. The number of hydrogen-bond acceptors (Lipinski definition) is 4. The number of benzene rings is 1. The second-order valence-corrected chi connectivity index (χ2v) is 8.16. The fraction of sp³-hybridized carbons (Fsp3) is 0.368. The fourth-order valence-corrected chi connectivity index (χ4v) is 4.46. The third-order valence-corrected chi connectivity index (χ3v) is 5.80. The van der Waals surface area contributed by atoms with Crippen LogP contribution in [0.3, 0.4) is 0 Å². The number of rotatable bonds is 3. The van der Waals surface area contributed by atoms with Crippen LogP contribution in [0.25, 0.3) is 10.2 Å². The number of hydrogen-bond donors (Lipinski definition) is 1. The van der Waals surface area contributed by atoms with E-state index in [0.29, 0.717) is 36.2 Å². The van der Waals surface area contributed by atoms with E-state index in [4.69, 9.17) is 4.74 Å². The summed E-state index contributed by atoms with van der Waals surface area (Å²) in [5, 5.41) is 0.657. The first-order valence-corrected chi connectivity index (χ1v) is 9.21. The molecule has 0 saturated carbocycles. The Hall–Kier alpha value is -2.18. The molecule has 0 amide bonds. The maximum Gasteiger partial charge on any atom is 0.329 e. The zero-order chi connectivity index (χ0) is 17.6. The summed E-state index contributed by atoms with van der Waals surface area (Å²) in [5.41, 5.74) is 1.32. The lowest BCUT2D eigenvalue weighted by molar-refractivity contribution is -0.0379. The van der Waals surface area contributed by atoms with E-state index >= 15 is 0 Å². The summed E-state index contributed by atoms with van der Waals surface area (Å²) in [6.07, 6.45) is 1.33. The average molecular weight is 356 g/mol. The number of fused-ring (bicyclic) bond motifs is 3. The second-order valence-electron chi connectivity index (χ2n) is 7.06. The van der Waals surface area contributed by atoms with Crippen LogP contribution in [-0.2, 0) is 30.7 Å². The van der Waals surface area contributed by atoms with Gasteiger partial charge in [0.15, 0.2) is 0 Å². The van der Waals surface area contributed by atoms with E-state index < -0.39 is 0 Å². The Balaban J connectivity index is 1.78. The van der Waals surface area contributed by atoms with Crippen molar-refractivity contribution < 1.29 is 4.74 Å². The van der Waals surface area contributed by atoms with Crippen LogP contribution >= 0.6 is 11.3 Å². The summed E-state index contributed by atoms with van der Waals surface area (Å²) in [6, 6.07) is 9.88. The minimum absolute atomic E-state index is 0.190. The van der Waals surface area contributed by atoms with E-state index in [0.717, 1.165) is 16.0 Å². The van der Waals surface area contributed by atoms with E-state index in [-0.39, 0.29) is 16.9 Å². The summed E-state index contributed by atoms with van der Waals surface area (Å²) in [7, 11) is 0. The molecule has 0 atom stereocenters. The molecule has 0 unspecified atom stereocenters. The van der Waals surface area contributed by atoms with Gasteiger partial charge in [0.2, 0.25) is 0 Å². The lowest BCUT2D eigenvalue weighted by Gasteiger charge is -2.29. The Morgan fingerprint density at radius 1 is 1.24 bits per heavy atom. The standard InChI is InChI=1S/C19H20N2O3S/c1-19(2)10-13-14(11-24-19)25-16-15(13)17(22)21(18(23)20-16)9-8-12-6-4-3-5-7-12/h3-7H,8-11H2,1-2H3,(H,20,23). The molecule has 3 aromatic rings. The van der Waals surface area contributed by atoms with Crippen molar-refractivity contribution in [3.8, 4) is 0 Å². The molecule has 0 aliphatic carbocycles. The molecule has 1 aliphatic rings. The molecule has 25 heavy (non-hydrogen) atoms. The molecule has 1 N–H and O–H groups in total. The zero-order valence-electron chi connectivity index (χ0n) is 14.3. The van der Waals surface area contributed by atoms with Crippen molar-refractivity contribution in [2.45, 2.75) is 45.4 Å². The van der Waals surface area contributed by atoms with Crippen LogP contribution in [0, 0.1) is 0 Å². The van der Waals surface area contributed by atoms with Gasteiger partial charge in [-0.25, -0.2) is 4.79 Å². The van der Waals surface area contributed by atoms with Crippen molar-refractivity contribution in [1.29, 1.82) is 0 Å². The molecule has 0 radical (unpaired) electrons. The Morgan fingerprint density at radius 2 is 2.00 bits per heavy atom. The number of thiophene rings is 1. The molecule has 0 saturated heterocycles. The summed E-state index contributed by atoms with van der Waals surface area (Å²) in [5.74, 6) is 0. The van der Waals surface area contributed by atoms with Crippen LogP contribution in [0.15, 0.2) is 39.9 Å². The van der Waals surface area contributed by atoms with Gasteiger partial charge in [-0.2, -0.15) is 0 Å². The number of H-pyrrole nitrogens is 1. The van der Waals surface area contributed by atoms with Crippen LogP contribution in [0.2, 0.25) is 0 Å².